The number of amides is 1. The van der Waals surface area contributed by atoms with E-state index in [9.17, 15) is 9.59 Å². The van der Waals surface area contributed by atoms with Crippen LogP contribution in [-0.4, -0.2) is 17.0 Å². The Morgan fingerprint density at radius 3 is 2.86 bits per heavy atom. The Morgan fingerprint density at radius 2 is 2.10 bits per heavy atom. The molecule has 0 aliphatic carbocycles. The summed E-state index contributed by atoms with van der Waals surface area (Å²) in [6.07, 6.45) is 4.87. The van der Waals surface area contributed by atoms with E-state index in [4.69, 9.17) is 11.6 Å². The molecule has 2 aromatic rings. The first-order chi connectivity index (χ1) is 10.1. The zero-order valence-corrected chi connectivity index (χ0v) is 12.8. The number of aromatic nitrogens is 1. The van der Waals surface area contributed by atoms with Crippen LogP contribution in [0, 0.1) is 0 Å². The van der Waals surface area contributed by atoms with Gasteiger partial charge in [0.2, 0.25) is 5.91 Å². The van der Waals surface area contributed by atoms with E-state index >= 15 is 0 Å². The molecule has 5 heteroatoms. The molecule has 0 fully saturated rings. The summed E-state index contributed by atoms with van der Waals surface area (Å²) in [5.41, 5.74) is 0.628. The van der Waals surface area contributed by atoms with Crippen molar-refractivity contribution in [3.05, 3.63) is 45.7 Å². The normalized spacial score (nSPS) is 10.8. The van der Waals surface area contributed by atoms with Crippen LogP contribution in [0.3, 0.4) is 0 Å². The molecule has 0 aliphatic rings. The standard InChI is InChI=1S/C16H19ClN2O2/c1-2-3-4-8-18-16(21)11-19-9-7-15(20)13-10-12(17)5-6-14(13)19/h5-7,9-10H,2-4,8,11H2,1H3,(H,18,21). The predicted molar refractivity (Wildman–Crippen MR) is 85.8 cm³/mol. The van der Waals surface area contributed by atoms with Gasteiger partial charge in [-0.25, -0.2) is 0 Å². The lowest BCUT2D eigenvalue weighted by atomic mass is 10.2. The van der Waals surface area contributed by atoms with Crippen LogP contribution in [0.1, 0.15) is 26.2 Å². The molecule has 0 atom stereocenters. The second-order valence-electron chi connectivity index (χ2n) is 5.03. The molecule has 1 aromatic carbocycles. The van der Waals surface area contributed by atoms with Crippen LogP contribution in [0.2, 0.25) is 5.02 Å². The summed E-state index contributed by atoms with van der Waals surface area (Å²) >= 11 is 5.92. The topological polar surface area (TPSA) is 51.1 Å². The zero-order valence-electron chi connectivity index (χ0n) is 12.1. The van der Waals surface area contributed by atoms with Crippen molar-refractivity contribution in [2.75, 3.05) is 6.54 Å². The van der Waals surface area contributed by atoms with Gasteiger partial charge in [-0.05, 0) is 24.6 Å². The Labute approximate surface area is 128 Å². The smallest absolute Gasteiger partial charge is 0.239 e. The minimum atomic E-state index is -0.0906. The lowest BCUT2D eigenvalue weighted by Gasteiger charge is -2.11. The van der Waals surface area contributed by atoms with E-state index in [1.165, 1.54) is 6.07 Å². The fourth-order valence-electron chi connectivity index (χ4n) is 2.24. The number of carbonyl (C=O) groups excluding carboxylic acids is 1. The summed E-state index contributed by atoms with van der Waals surface area (Å²) in [6, 6.07) is 6.58. The number of halogens is 1. The molecule has 1 N–H and O–H groups in total. The Kier molecular flexibility index (Phi) is 5.39. The third-order valence-electron chi connectivity index (χ3n) is 3.36. The van der Waals surface area contributed by atoms with Gasteiger partial charge in [0.05, 0.1) is 5.52 Å². The van der Waals surface area contributed by atoms with Gasteiger partial charge in [0.25, 0.3) is 0 Å². The van der Waals surface area contributed by atoms with Crippen LogP contribution >= 0.6 is 11.6 Å². The summed E-state index contributed by atoms with van der Waals surface area (Å²) < 4.78 is 1.77. The lowest BCUT2D eigenvalue weighted by Crippen LogP contribution is -2.28. The molecule has 0 unspecified atom stereocenters. The Balaban J connectivity index is 2.14. The molecule has 4 nitrogen and oxygen atoms in total. The first-order valence-electron chi connectivity index (χ1n) is 7.17. The number of pyridine rings is 1. The molecule has 1 heterocycles. The van der Waals surface area contributed by atoms with Gasteiger partial charge in [-0.2, -0.15) is 0 Å². The van der Waals surface area contributed by atoms with Gasteiger partial charge in [0.1, 0.15) is 6.54 Å². The molecule has 0 bridgehead atoms. The molecule has 0 aliphatic heterocycles. The van der Waals surface area contributed by atoms with Crippen molar-refractivity contribution in [3.63, 3.8) is 0 Å². The van der Waals surface area contributed by atoms with E-state index in [1.54, 1.807) is 29.0 Å². The van der Waals surface area contributed by atoms with Gasteiger partial charge in [-0.1, -0.05) is 31.4 Å². The van der Waals surface area contributed by atoms with E-state index in [0.717, 1.165) is 24.8 Å². The number of nitrogens with one attached hydrogen (secondary N) is 1. The molecule has 0 radical (unpaired) electrons. The van der Waals surface area contributed by atoms with Crippen molar-refractivity contribution in [2.24, 2.45) is 0 Å². The molecular weight excluding hydrogens is 288 g/mol. The summed E-state index contributed by atoms with van der Waals surface area (Å²) in [5.74, 6) is -0.0500. The van der Waals surface area contributed by atoms with E-state index in [1.807, 2.05) is 0 Å². The van der Waals surface area contributed by atoms with Crippen molar-refractivity contribution in [3.8, 4) is 0 Å². The number of benzene rings is 1. The second kappa shape index (κ2) is 7.27. The molecule has 21 heavy (non-hydrogen) atoms. The minimum absolute atomic E-state index is 0.0500. The second-order valence-corrected chi connectivity index (χ2v) is 5.46. The van der Waals surface area contributed by atoms with E-state index in [-0.39, 0.29) is 17.9 Å². The molecule has 0 saturated heterocycles. The summed E-state index contributed by atoms with van der Waals surface area (Å²) in [7, 11) is 0. The van der Waals surface area contributed by atoms with Crippen LogP contribution in [0.5, 0.6) is 0 Å². The van der Waals surface area contributed by atoms with Gasteiger partial charge in [-0.3, -0.25) is 9.59 Å². The van der Waals surface area contributed by atoms with Gasteiger partial charge < -0.3 is 9.88 Å². The summed E-state index contributed by atoms with van der Waals surface area (Å²) in [5, 5.41) is 3.94. The van der Waals surface area contributed by atoms with Crippen molar-refractivity contribution < 1.29 is 4.79 Å². The lowest BCUT2D eigenvalue weighted by molar-refractivity contribution is -0.121. The van der Waals surface area contributed by atoms with Crippen LogP contribution in [-0.2, 0) is 11.3 Å². The molecule has 0 spiro atoms. The summed E-state index contributed by atoms with van der Waals surface area (Å²) in [4.78, 5) is 23.8. The fraction of sp³-hybridized carbons (Fsp3) is 0.375. The highest BCUT2D eigenvalue weighted by Crippen LogP contribution is 2.16. The predicted octanol–water partition coefficient (Wildman–Crippen LogP) is 2.96. The van der Waals surface area contributed by atoms with Gasteiger partial charge in [0.15, 0.2) is 5.43 Å². The highest BCUT2D eigenvalue weighted by molar-refractivity contribution is 6.31. The number of unbranched alkanes of at least 4 members (excludes halogenated alkanes) is 2. The third-order valence-corrected chi connectivity index (χ3v) is 3.59. The van der Waals surface area contributed by atoms with Gasteiger partial charge in [-0.15, -0.1) is 0 Å². The Bertz CT molecular complexity index is 694. The van der Waals surface area contributed by atoms with E-state index in [0.29, 0.717) is 17.0 Å². The maximum atomic E-state index is 11.9. The number of hydrogen-bond acceptors (Lipinski definition) is 2. The Morgan fingerprint density at radius 1 is 1.29 bits per heavy atom. The van der Waals surface area contributed by atoms with E-state index in [2.05, 4.69) is 12.2 Å². The van der Waals surface area contributed by atoms with Gasteiger partial charge >= 0.3 is 0 Å². The largest absolute Gasteiger partial charge is 0.355 e. The van der Waals surface area contributed by atoms with Crippen LogP contribution in [0.4, 0.5) is 0 Å². The summed E-state index contributed by atoms with van der Waals surface area (Å²) in [6.45, 7) is 3.01. The quantitative estimate of drug-likeness (QED) is 0.834. The molecule has 1 amide bonds. The van der Waals surface area contributed by atoms with Crippen LogP contribution in [0.25, 0.3) is 10.9 Å². The SMILES string of the molecule is CCCCCNC(=O)Cn1ccc(=O)c2cc(Cl)ccc21. The van der Waals surface area contributed by atoms with Crippen LogP contribution < -0.4 is 10.7 Å². The number of hydrogen-bond donors (Lipinski definition) is 1. The highest BCUT2D eigenvalue weighted by atomic mass is 35.5. The van der Waals surface area contributed by atoms with Crippen molar-refractivity contribution in [2.45, 2.75) is 32.7 Å². The molecular formula is C16H19ClN2O2. The molecule has 0 saturated carbocycles. The average molecular weight is 307 g/mol. The number of rotatable bonds is 6. The zero-order chi connectivity index (χ0) is 15.2. The number of carbonyl (C=O) groups is 1. The first-order valence-corrected chi connectivity index (χ1v) is 7.55. The third kappa shape index (κ3) is 4.08. The fourth-order valence-corrected chi connectivity index (χ4v) is 2.41. The Hall–Kier alpha value is -1.81. The first kappa shape index (κ1) is 15.6. The maximum Gasteiger partial charge on any atom is 0.239 e. The minimum Gasteiger partial charge on any atom is -0.355 e. The number of fused-ring (bicyclic) bond motifs is 1. The number of nitrogens with zero attached hydrogens (tertiary/aromatic N) is 1. The van der Waals surface area contributed by atoms with Crippen molar-refractivity contribution >= 4 is 28.4 Å². The molecule has 2 rings (SSSR count). The highest BCUT2D eigenvalue weighted by Gasteiger charge is 2.07. The van der Waals surface area contributed by atoms with Crippen molar-refractivity contribution in [1.29, 1.82) is 0 Å². The maximum absolute atomic E-state index is 11.9. The monoisotopic (exact) mass is 306 g/mol. The van der Waals surface area contributed by atoms with Gasteiger partial charge in [0, 0.05) is 29.2 Å². The van der Waals surface area contributed by atoms with Crippen molar-refractivity contribution in [1.82, 2.24) is 9.88 Å². The van der Waals surface area contributed by atoms with E-state index < -0.39 is 0 Å². The average Bonchev–Trinajstić information content (AvgIpc) is 2.47. The molecule has 112 valence electrons. The molecule has 1 aromatic heterocycles. The van der Waals surface area contributed by atoms with Crippen LogP contribution in [0.15, 0.2) is 35.3 Å².